The van der Waals surface area contributed by atoms with Crippen LogP contribution in [-0.2, 0) is 15.4 Å². The number of alkyl halides is 2. The van der Waals surface area contributed by atoms with Crippen LogP contribution in [0.1, 0.15) is 30.4 Å². The first kappa shape index (κ1) is 24.5. The maximum absolute atomic E-state index is 13.6. The number of ether oxygens (including phenoxy) is 2. The fourth-order valence-corrected chi connectivity index (χ4v) is 7.02. The van der Waals surface area contributed by atoms with Crippen LogP contribution in [0.25, 0.3) is 0 Å². The third-order valence-electron chi connectivity index (χ3n) is 7.54. The molecule has 2 amide bonds. The lowest BCUT2D eigenvalue weighted by Gasteiger charge is -2.39. The van der Waals surface area contributed by atoms with E-state index in [4.69, 9.17) is 9.47 Å². The van der Waals surface area contributed by atoms with Crippen molar-refractivity contribution in [3.8, 4) is 11.5 Å². The highest BCUT2D eigenvalue weighted by molar-refractivity contribution is 7.92. The lowest BCUT2D eigenvalue weighted by Crippen LogP contribution is -2.48. The molecule has 1 N–H and O–H groups in total. The number of carbonyl (C=O) groups excluding carboxylic acids is 1. The summed E-state index contributed by atoms with van der Waals surface area (Å²) in [5.41, 5.74) is 1.42. The molecule has 38 heavy (non-hydrogen) atoms. The van der Waals surface area contributed by atoms with Crippen molar-refractivity contribution >= 4 is 27.4 Å². The van der Waals surface area contributed by atoms with Gasteiger partial charge in [-0.3, -0.25) is 4.31 Å². The summed E-state index contributed by atoms with van der Waals surface area (Å²) < 4.78 is 65.3. The average Bonchev–Trinajstić information content (AvgIpc) is 3.52. The fraction of sp³-hybridized carbons (Fsp3) is 0.296. The SMILES string of the molecule is O=C(Nc1ccc2c(c1)OCO2)N1CCC2(CC1)CN(S(=O)(=O)c1ccc(C(F)F)cc1)c1ccccc12. The average molecular weight is 542 g/mol. The van der Waals surface area contributed by atoms with Crippen molar-refractivity contribution in [3.63, 3.8) is 0 Å². The van der Waals surface area contributed by atoms with Gasteiger partial charge in [0.15, 0.2) is 11.5 Å². The molecule has 198 valence electrons. The van der Waals surface area contributed by atoms with Crippen LogP contribution < -0.4 is 19.1 Å². The Morgan fingerprint density at radius 1 is 0.947 bits per heavy atom. The van der Waals surface area contributed by atoms with Crippen LogP contribution in [0.5, 0.6) is 11.5 Å². The summed E-state index contributed by atoms with van der Waals surface area (Å²) >= 11 is 0. The van der Waals surface area contributed by atoms with Crippen LogP contribution in [-0.4, -0.2) is 45.8 Å². The van der Waals surface area contributed by atoms with Gasteiger partial charge >= 0.3 is 6.03 Å². The topological polar surface area (TPSA) is 88.2 Å². The molecular formula is C27H25F2N3O5S. The maximum atomic E-state index is 13.6. The summed E-state index contributed by atoms with van der Waals surface area (Å²) in [7, 11) is -3.97. The van der Waals surface area contributed by atoms with Gasteiger partial charge in [0.25, 0.3) is 16.4 Å². The zero-order valence-corrected chi connectivity index (χ0v) is 21.1. The predicted molar refractivity (Wildman–Crippen MR) is 136 cm³/mol. The monoisotopic (exact) mass is 541 g/mol. The second-order valence-corrected chi connectivity index (χ2v) is 11.5. The predicted octanol–water partition coefficient (Wildman–Crippen LogP) is 5.13. The largest absolute Gasteiger partial charge is 0.454 e. The number of urea groups is 1. The van der Waals surface area contributed by atoms with Crippen LogP contribution in [0.4, 0.5) is 25.0 Å². The Hall–Kier alpha value is -3.86. The number of piperidine rings is 1. The number of amides is 2. The molecule has 1 spiro atoms. The van der Waals surface area contributed by atoms with E-state index in [2.05, 4.69) is 5.32 Å². The molecule has 3 heterocycles. The number of anilines is 2. The lowest BCUT2D eigenvalue weighted by molar-refractivity contribution is 0.151. The smallest absolute Gasteiger partial charge is 0.321 e. The van der Waals surface area contributed by atoms with E-state index in [1.807, 2.05) is 12.1 Å². The van der Waals surface area contributed by atoms with E-state index < -0.39 is 21.9 Å². The number of benzene rings is 3. The molecule has 3 aromatic carbocycles. The summed E-state index contributed by atoms with van der Waals surface area (Å²) in [5.74, 6) is 1.21. The number of carbonyl (C=O) groups is 1. The van der Waals surface area contributed by atoms with E-state index in [9.17, 15) is 22.0 Å². The van der Waals surface area contributed by atoms with E-state index in [-0.39, 0.29) is 29.8 Å². The molecule has 0 unspecified atom stereocenters. The molecule has 0 saturated carbocycles. The molecule has 3 aliphatic rings. The van der Waals surface area contributed by atoms with Crippen molar-refractivity contribution < 1.29 is 31.5 Å². The number of para-hydroxylation sites is 1. The summed E-state index contributed by atoms with van der Waals surface area (Å²) in [4.78, 5) is 14.7. The molecule has 0 aromatic heterocycles. The van der Waals surface area contributed by atoms with Crippen molar-refractivity contribution in [2.45, 2.75) is 29.6 Å². The number of likely N-dealkylation sites (tertiary alicyclic amines) is 1. The van der Waals surface area contributed by atoms with Gasteiger partial charge in [-0.15, -0.1) is 0 Å². The standard InChI is InChI=1S/C27H25F2N3O5S/c28-25(29)18-5-8-20(9-6-18)38(34,35)32-16-27(21-3-1-2-4-22(21)32)11-13-31(14-12-27)26(33)30-19-7-10-23-24(15-19)37-17-36-23/h1-10,15,25H,11-14,16-17H2,(H,30,33). The van der Waals surface area contributed by atoms with Crippen LogP contribution in [0.2, 0.25) is 0 Å². The van der Waals surface area contributed by atoms with Crippen LogP contribution in [0, 0.1) is 0 Å². The number of hydrogen-bond acceptors (Lipinski definition) is 5. The first-order valence-electron chi connectivity index (χ1n) is 12.2. The molecule has 1 saturated heterocycles. The first-order chi connectivity index (χ1) is 18.3. The van der Waals surface area contributed by atoms with Gasteiger partial charge in [0.05, 0.1) is 10.6 Å². The quantitative estimate of drug-likeness (QED) is 0.495. The summed E-state index contributed by atoms with van der Waals surface area (Å²) in [5, 5.41) is 2.90. The van der Waals surface area contributed by atoms with E-state index in [0.29, 0.717) is 48.8 Å². The zero-order chi connectivity index (χ0) is 26.5. The third-order valence-corrected chi connectivity index (χ3v) is 9.32. The number of halogens is 2. The summed E-state index contributed by atoms with van der Waals surface area (Å²) in [6, 6.07) is 17.1. The van der Waals surface area contributed by atoms with Gasteiger partial charge < -0.3 is 19.7 Å². The van der Waals surface area contributed by atoms with Crippen molar-refractivity contribution in [1.82, 2.24) is 4.90 Å². The summed E-state index contributed by atoms with van der Waals surface area (Å²) in [6.45, 7) is 1.27. The van der Waals surface area contributed by atoms with Gasteiger partial charge in [-0.1, -0.05) is 30.3 Å². The Balaban J connectivity index is 1.19. The Labute approximate surface area is 218 Å². The lowest BCUT2D eigenvalue weighted by atomic mass is 9.74. The van der Waals surface area contributed by atoms with Crippen LogP contribution in [0.3, 0.4) is 0 Å². The Kier molecular flexibility index (Phi) is 5.90. The van der Waals surface area contributed by atoms with Crippen molar-refractivity contribution in [3.05, 3.63) is 77.9 Å². The Bertz CT molecular complexity index is 1490. The number of fused-ring (bicyclic) bond motifs is 3. The third kappa shape index (κ3) is 4.10. The molecule has 6 rings (SSSR count). The first-order valence-corrected chi connectivity index (χ1v) is 13.7. The fourth-order valence-electron chi connectivity index (χ4n) is 5.45. The van der Waals surface area contributed by atoms with Crippen molar-refractivity contribution in [1.29, 1.82) is 0 Å². The second kappa shape index (κ2) is 9.16. The normalized spacial score (nSPS) is 17.7. The van der Waals surface area contributed by atoms with Crippen molar-refractivity contribution in [2.75, 3.05) is 36.0 Å². The van der Waals surface area contributed by atoms with Gasteiger partial charge in [0.1, 0.15) is 0 Å². The molecule has 3 aromatic rings. The molecule has 11 heteroatoms. The van der Waals surface area contributed by atoms with Gasteiger partial charge in [-0.2, -0.15) is 0 Å². The minimum absolute atomic E-state index is 0.0331. The number of nitrogens with zero attached hydrogens (tertiary/aromatic N) is 2. The minimum atomic E-state index is -3.97. The Morgan fingerprint density at radius 3 is 2.39 bits per heavy atom. The highest BCUT2D eigenvalue weighted by Crippen LogP contribution is 2.49. The van der Waals surface area contributed by atoms with E-state index in [1.54, 1.807) is 35.2 Å². The molecular weight excluding hydrogens is 516 g/mol. The highest BCUT2D eigenvalue weighted by Gasteiger charge is 2.48. The van der Waals surface area contributed by atoms with E-state index >= 15 is 0 Å². The van der Waals surface area contributed by atoms with E-state index in [1.165, 1.54) is 16.4 Å². The molecule has 0 aliphatic carbocycles. The molecule has 8 nitrogen and oxygen atoms in total. The number of hydrogen-bond donors (Lipinski definition) is 1. The van der Waals surface area contributed by atoms with Crippen molar-refractivity contribution in [2.24, 2.45) is 0 Å². The number of rotatable bonds is 4. The number of sulfonamides is 1. The zero-order valence-electron chi connectivity index (χ0n) is 20.3. The number of nitrogens with one attached hydrogen (secondary N) is 1. The minimum Gasteiger partial charge on any atom is -0.454 e. The molecule has 0 bridgehead atoms. The highest BCUT2D eigenvalue weighted by atomic mass is 32.2. The van der Waals surface area contributed by atoms with Gasteiger partial charge in [0, 0.05) is 42.4 Å². The maximum Gasteiger partial charge on any atom is 0.321 e. The van der Waals surface area contributed by atoms with Gasteiger partial charge in [-0.25, -0.2) is 22.0 Å². The molecule has 1 fully saturated rings. The Morgan fingerprint density at radius 2 is 1.66 bits per heavy atom. The van der Waals surface area contributed by atoms with Gasteiger partial charge in [0.2, 0.25) is 6.79 Å². The van der Waals surface area contributed by atoms with Crippen LogP contribution >= 0.6 is 0 Å². The molecule has 0 atom stereocenters. The van der Waals surface area contributed by atoms with Gasteiger partial charge in [-0.05, 0) is 48.7 Å². The second-order valence-electron chi connectivity index (χ2n) is 9.66. The van der Waals surface area contributed by atoms with Crippen LogP contribution in [0.15, 0.2) is 71.6 Å². The molecule has 3 aliphatic heterocycles. The summed E-state index contributed by atoms with van der Waals surface area (Å²) in [6.07, 6.45) is -1.51. The molecule has 0 radical (unpaired) electrons. The van der Waals surface area contributed by atoms with E-state index in [0.717, 1.165) is 17.7 Å².